The van der Waals surface area contributed by atoms with Gasteiger partial charge in [0.2, 0.25) is 17.7 Å². The van der Waals surface area contributed by atoms with Crippen LogP contribution in [0.15, 0.2) is 36.4 Å². The number of nitrogens with two attached hydrogens (primary N) is 1. The van der Waals surface area contributed by atoms with E-state index >= 15 is 0 Å². The van der Waals surface area contributed by atoms with Crippen LogP contribution >= 0.6 is 0 Å². The Kier molecular flexibility index (Phi) is 14.8. The maximum Gasteiger partial charge on any atom is 0.312 e. The van der Waals surface area contributed by atoms with Crippen molar-refractivity contribution in [3.05, 3.63) is 42.0 Å². The van der Waals surface area contributed by atoms with Gasteiger partial charge in [0.15, 0.2) is 0 Å². The van der Waals surface area contributed by atoms with E-state index in [9.17, 15) is 28.8 Å². The highest BCUT2D eigenvalue weighted by molar-refractivity contribution is 6.12. The maximum absolute atomic E-state index is 13.2. The van der Waals surface area contributed by atoms with Gasteiger partial charge < -0.3 is 36.5 Å². The number of nitrogens with one attached hydrogen (secondary N) is 4. The zero-order valence-electron chi connectivity index (χ0n) is 24.9. The van der Waals surface area contributed by atoms with Gasteiger partial charge in [0.1, 0.15) is 12.1 Å². The van der Waals surface area contributed by atoms with E-state index in [2.05, 4.69) is 21.3 Å². The van der Waals surface area contributed by atoms with Crippen molar-refractivity contribution in [3.8, 4) is 0 Å². The highest BCUT2D eigenvalue weighted by Gasteiger charge is 2.29. The number of ether oxygens (including phenoxy) is 2. The Morgan fingerprint density at radius 1 is 0.884 bits per heavy atom. The van der Waals surface area contributed by atoms with Crippen molar-refractivity contribution in [2.75, 3.05) is 44.8 Å². The second-order valence-corrected chi connectivity index (χ2v) is 10.3. The molecule has 0 radical (unpaired) electrons. The number of carbonyl (C=O) groups excluding carboxylic acids is 6. The van der Waals surface area contributed by atoms with Crippen LogP contribution in [-0.4, -0.2) is 92.1 Å². The average molecular weight is 603 g/mol. The summed E-state index contributed by atoms with van der Waals surface area (Å²) in [4.78, 5) is 73.9. The first-order valence-electron chi connectivity index (χ1n) is 14.2. The summed E-state index contributed by atoms with van der Waals surface area (Å²) in [6.07, 6.45) is 3.01. The molecule has 6 N–H and O–H groups in total. The molecule has 236 valence electrons. The Morgan fingerprint density at radius 3 is 2.12 bits per heavy atom. The van der Waals surface area contributed by atoms with E-state index in [0.29, 0.717) is 12.1 Å². The third-order valence-corrected chi connectivity index (χ3v) is 6.39. The third kappa shape index (κ3) is 13.0. The van der Waals surface area contributed by atoms with Gasteiger partial charge in [-0.1, -0.05) is 31.5 Å². The van der Waals surface area contributed by atoms with E-state index in [4.69, 9.17) is 15.2 Å². The molecule has 0 aromatic heterocycles. The molecular formula is C29H42N6O8. The van der Waals surface area contributed by atoms with E-state index < -0.39 is 35.8 Å². The lowest BCUT2D eigenvalue weighted by molar-refractivity contribution is -0.137. The first-order chi connectivity index (χ1) is 20.5. The topological polar surface area (TPSA) is 198 Å². The summed E-state index contributed by atoms with van der Waals surface area (Å²) in [5, 5.41) is 10.7. The number of hydrogen-bond donors (Lipinski definition) is 5. The number of urea groups is 1. The minimum absolute atomic E-state index is 0.00488. The van der Waals surface area contributed by atoms with Crippen LogP contribution in [0.5, 0.6) is 0 Å². The van der Waals surface area contributed by atoms with Crippen molar-refractivity contribution in [1.29, 1.82) is 0 Å². The summed E-state index contributed by atoms with van der Waals surface area (Å²) in [7, 11) is 0. The Morgan fingerprint density at radius 2 is 1.51 bits per heavy atom. The molecule has 14 heteroatoms. The van der Waals surface area contributed by atoms with Crippen molar-refractivity contribution < 1.29 is 38.2 Å². The van der Waals surface area contributed by atoms with Gasteiger partial charge in [-0.15, -0.1) is 0 Å². The summed E-state index contributed by atoms with van der Waals surface area (Å²) >= 11 is 0. The maximum atomic E-state index is 13.2. The van der Waals surface area contributed by atoms with Crippen molar-refractivity contribution >= 4 is 41.3 Å². The molecule has 7 amide bonds. The van der Waals surface area contributed by atoms with Crippen LogP contribution < -0.4 is 27.0 Å². The normalized spacial score (nSPS) is 14.0. The number of aryl methyl sites for hydroxylation is 1. The van der Waals surface area contributed by atoms with Crippen molar-refractivity contribution in [1.82, 2.24) is 20.9 Å². The monoisotopic (exact) mass is 602 g/mol. The molecule has 0 aliphatic carbocycles. The molecule has 0 fully saturated rings. The summed E-state index contributed by atoms with van der Waals surface area (Å²) in [6, 6.07) is 4.69. The number of hydrogen-bond acceptors (Lipinski definition) is 8. The van der Waals surface area contributed by atoms with E-state index in [1.807, 2.05) is 19.1 Å². The number of amides is 7. The number of benzene rings is 1. The quantitative estimate of drug-likeness (QED) is 0.110. The summed E-state index contributed by atoms with van der Waals surface area (Å²) < 4.78 is 10.8. The molecule has 1 aromatic rings. The smallest absolute Gasteiger partial charge is 0.312 e. The number of anilines is 1. The predicted octanol–water partition coefficient (Wildman–Crippen LogP) is 0.356. The molecule has 1 heterocycles. The second-order valence-electron chi connectivity index (χ2n) is 10.3. The zero-order chi connectivity index (χ0) is 31.8. The van der Waals surface area contributed by atoms with Crippen molar-refractivity contribution in [2.24, 2.45) is 11.7 Å². The average Bonchev–Trinajstić information content (AvgIpc) is 3.27. The van der Waals surface area contributed by atoms with Crippen LogP contribution in [0.2, 0.25) is 0 Å². The molecule has 0 saturated heterocycles. The first-order valence-corrected chi connectivity index (χ1v) is 14.2. The van der Waals surface area contributed by atoms with Gasteiger partial charge >= 0.3 is 6.03 Å². The van der Waals surface area contributed by atoms with E-state index in [-0.39, 0.29) is 70.1 Å². The van der Waals surface area contributed by atoms with Crippen LogP contribution in [0.25, 0.3) is 0 Å². The molecular weight excluding hydrogens is 560 g/mol. The highest BCUT2D eigenvalue weighted by atomic mass is 16.5. The van der Waals surface area contributed by atoms with E-state index in [1.54, 1.807) is 26.0 Å². The van der Waals surface area contributed by atoms with Gasteiger partial charge in [-0.3, -0.25) is 28.9 Å². The molecule has 0 bridgehead atoms. The van der Waals surface area contributed by atoms with Crippen LogP contribution in [0, 0.1) is 12.8 Å². The summed E-state index contributed by atoms with van der Waals surface area (Å²) in [5.41, 5.74) is 6.70. The lowest BCUT2D eigenvalue weighted by atomic mass is 10.0. The molecule has 0 spiro atoms. The number of primary amides is 1. The standard InChI is InChI=1S/C29H42N6O8/c1-19(2)26(34-23(36)12-15-42-17-18-43-16-14-35-24(37)10-11-25(35)38)28(40)33-22(5-4-13-31-29(30)41)27(39)32-21-8-6-20(3)7-9-21/h6-11,19,22,26H,4-5,12-18H2,1-3H3,(H,32,39)(H,33,40)(H,34,36)(H3,30,31,41)/t22-,26-/m0/s1. The SMILES string of the molecule is Cc1ccc(NC(=O)[C@H](CCCNC(N)=O)NC(=O)[C@@H](NC(=O)CCOCCOCCN2C(=O)C=CC2=O)C(C)C)cc1. The molecule has 0 saturated carbocycles. The van der Waals surface area contributed by atoms with Gasteiger partial charge in [0.25, 0.3) is 11.8 Å². The van der Waals surface area contributed by atoms with Gasteiger partial charge in [0, 0.05) is 30.8 Å². The predicted molar refractivity (Wildman–Crippen MR) is 157 cm³/mol. The largest absolute Gasteiger partial charge is 0.379 e. The van der Waals surface area contributed by atoms with Gasteiger partial charge in [-0.2, -0.15) is 0 Å². The van der Waals surface area contributed by atoms with E-state index in [1.165, 1.54) is 12.2 Å². The highest BCUT2D eigenvalue weighted by Crippen LogP contribution is 2.11. The number of carbonyl (C=O) groups is 6. The second kappa shape index (κ2) is 18.3. The van der Waals surface area contributed by atoms with E-state index in [0.717, 1.165) is 10.5 Å². The molecule has 1 aromatic carbocycles. The zero-order valence-corrected chi connectivity index (χ0v) is 24.9. The van der Waals surface area contributed by atoms with Crippen LogP contribution in [-0.2, 0) is 33.4 Å². The fourth-order valence-corrected chi connectivity index (χ4v) is 3.99. The fourth-order valence-electron chi connectivity index (χ4n) is 3.99. The van der Waals surface area contributed by atoms with Crippen LogP contribution in [0.1, 0.15) is 38.7 Å². The van der Waals surface area contributed by atoms with Crippen molar-refractivity contribution in [2.45, 2.75) is 52.1 Å². The van der Waals surface area contributed by atoms with Gasteiger partial charge in [-0.25, -0.2) is 4.79 Å². The molecule has 2 rings (SSSR count). The summed E-state index contributed by atoms with van der Waals surface area (Å²) in [5.74, 6) is -2.38. The minimum Gasteiger partial charge on any atom is -0.379 e. The molecule has 2 atom stereocenters. The molecule has 43 heavy (non-hydrogen) atoms. The molecule has 1 aliphatic heterocycles. The van der Waals surface area contributed by atoms with Crippen LogP contribution in [0.4, 0.5) is 10.5 Å². The lowest BCUT2D eigenvalue weighted by Crippen LogP contribution is -2.54. The minimum atomic E-state index is -0.928. The number of imide groups is 1. The lowest BCUT2D eigenvalue weighted by Gasteiger charge is -2.25. The Labute approximate surface area is 251 Å². The fraction of sp³-hybridized carbons (Fsp3) is 0.517. The molecule has 1 aliphatic rings. The Balaban J connectivity index is 1.79. The number of rotatable bonds is 19. The Bertz CT molecular complexity index is 1140. The summed E-state index contributed by atoms with van der Waals surface area (Å²) in [6.45, 7) is 6.50. The molecule has 0 unspecified atom stereocenters. The van der Waals surface area contributed by atoms with Gasteiger partial charge in [0.05, 0.1) is 33.0 Å². The van der Waals surface area contributed by atoms with Crippen molar-refractivity contribution in [3.63, 3.8) is 0 Å². The van der Waals surface area contributed by atoms with Gasteiger partial charge in [-0.05, 0) is 37.8 Å². The molecule has 14 nitrogen and oxygen atoms in total. The number of nitrogens with zero attached hydrogens (tertiary/aromatic N) is 1. The third-order valence-electron chi connectivity index (χ3n) is 6.39. The van der Waals surface area contributed by atoms with Crippen LogP contribution in [0.3, 0.4) is 0 Å². The Hall–Kier alpha value is -4.30. The first kappa shape index (κ1) is 34.9.